The first-order chi connectivity index (χ1) is 4.83. The second-order valence-corrected chi connectivity index (χ2v) is 2.52. The second kappa shape index (κ2) is 3.40. The van der Waals surface area contributed by atoms with Crippen molar-refractivity contribution in [1.29, 1.82) is 0 Å². The molecular weight excluding hydrogens is 126 g/mol. The van der Waals surface area contributed by atoms with Crippen LogP contribution in [0.1, 0.15) is 26.2 Å². The summed E-state index contributed by atoms with van der Waals surface area (Å²) in [6.07, 6.45) is 5.11. The maximum absolute atomic E-state index is 5.07. The molecule has 0 bridgehead atoms. The van der Waals surface area contributed by atoms with E-state index in [1.807, 2.05) is 6.20 Å². The SMILES string of the molecule is COC1=CN=C(C)CCC1. The van der Waals surface area contributed by atoms with Gasteiger partial charge in [0, 0.05) is 12.1 Å². The van der Waals surface area contributed by atoms with Crippen molar-refractivity contribution < 1.29 is 4.74 Å². The molecule has 1 aliphatic heterocycles. The van der Waals surface area contributed by atoms with E-state index < -0.39 is 0 Å². The topological polar surface area (TPSA) is 21.6 Å². The Morgan fingerprint density at radius 3 is 3.00 bits per heavy atom. The summed E-state index contributed by atoms with van der Waals surface area (Å²) in [5, 5.41) is 0. The van der Waals surface area contributed by atoms with Gasteiger partial charge in [0.1, 0.15) is 5.76 Å². The van der Waals surface area contributed by atoms with Crippen LogP contribution in [0.4, 0.5) is 0 Å². The van der Waals surface area contributed by atoms with Gasteiger partial charge in [-0.25, -0.2) is 0 Å². The Hall–Kier alpha value is -0.790. The lowest BCUT2D eigenvalue weighted by Gasteiger charge is -1.99. The Morgan fingerprint density at radius 1 is 1.50 bits per heavy atom. The molecule has 0 radical (unpaired) electrons. The van der Waals surface area contributed by atoms with E-state index in [9.17, 15) is 0 Å². The molecular formula is C8H13NO. The van der Waals surface area contributed by atoms with Crippen LogP contribution in [0.3, 0.4) is 0 Å². The number of hydrogen-bond donors (Lipinski definition) is 0. The number of nitrogens with zero attached hydrogens (tertiary/aromatic N) is 1. The van der Waals surface area contributed by atoms with Crippen LogP contribution in [0.15, 0.2) is 17.0 Å². The third-order valence-corrected chi connectivity index (χ3v) is 1.65. The molecule has 0 saturated carbocycles. The van der Waals surface area contributed by atoms with E-state index >= 15 is 0 Å². The Labute approximate surface area is 61.6 Å². The molecule has 0 saturated heterocycles. The third-order valence-electron chi connectivity index (χ3n) is 1.65. The van der Waals surface area contributed by atoms with E-state index in [1.165, 1.54) is 5.71 Å². The van der Waals surface area contributed by atoms with Crippen molar-refractivity contribution in [2.45, 2.75) is 26.2 Å². The van der Waals surface area contributed by atoms with Gasteiger partial charge in [-0.05, 0) is 19.8 Å². The first-order valence-electron chi connectivity index (χ1n) is 3.59. The maximum Gasteiger partial charge on any atom is 0.114 e. The van der Waals surface area contributed by atoms with Gasteiger partial charge in [-0.15, -0.1) is 0 Å². The molecule has 0 N–H and O–H groups in total. The average molecular weight is 139 g/mol. The van der Waals surface area contributed by atoms with E-state index in [1.54, 1.807) is 7.11 Å². The lowest BCUT2D eigenvalue weighted by molar-refractivity contribution is 0.275. The molecule has 2 heteroatoms. The van der Waals surface area contributed by atoms with Crippen molar-refractivity contribution in [3.8, 4) is 0 Å². The van der Waals surface area contributed by atoms with Gasteiger partial charge >= 0.3 is 0 Å². The Kier molecular flexibility index (Phi) is 2.49. The molecule has 1 aliphatic rings. The predicted molar refractivity (Wildman–Crippen MR) is 42.1 cm³/mol. The number of methoxy groups -OCH3 is 1. The highest BCUT2D eigenvalue weighted by molar-refractivity contribution is 5.82. The van der Waals surface area contributed by atoms with Crippen LogP contribution in [-0.2, 0) is 4.74 Å². The zero-order valence-corrected chi connectivity index (χ0v) is 6.55. The van der Waals surface area contributed by atoms with Crippen LogP contribution in [0.2, 0.25) is 0 Å². The highest BCUT2D eigenvalue weighted by Gasteiger charge is 2.01. The van der Waals surface area contributed by atoms with Gasteiger partial charge in [0.2, 0.25) is 0 Å². The molecule has 10 heavy (non-hydrogen) atoms. The maximum atomic E-state index is 5.07. The van der Waals surface area contributed by atoms with Crippen molar-refractivity contribution in [1.82, 2.24) is 0 Å². The van der Waals surface area contributed by atoms with Gasteiger partial charge in [0.15, 0.2) is 0 Å². The molecule has 0 amide bonds. The molecule has 1 rings (SSSR count). The minimum Gasteiger partial charge on any atom is -0.500 e. The van der Waals surface area contributed by atoms with Crippen molar-refractivity contribution in [2.75, 3.05) is 7.11 Å². The molecule has 0 aromatic rings. The van der Waals surface area contributed by atoms with Crippen LogP contribution in [0, 0.1) is 0 Å². The quantitative estimate of drug-likeness (QED) is 0.545. The molecule has 0 spiro atoms. The normalized spacial score (nSPS) is 19.0. The smallest absolute Gasteiger partial charge is 0.114 e. The fourth-order valence-corrected chi connectivity index (χ4v) is 0.985. The highest BCUT2D eigenvalue weighted by atomic mass is 16.5. The number of aliphatic imine (C=N–C) groups is 1. The summed E-state index contributed by atoms with van der Waals surface area (Å²) in [4.78, 5) is 4.21. The molecule has 1 heterocycles. The fourth-order valence-electron chi connectivity index (χ4n) is 0.985. The molecule has 2 nitrogen and oxygen atoms in total. The van der Waals surface area contributed by atoms with Gasteiger partial charge in [-0.1, -0.05) is 0 Å². The second-order valence-electron chi connectivity index (χ2n) is 2.52. The van der Waals surface area contributed by atoms with E-state index in [0.717, 1.165) is 25.0 Å². The first-order valence-corrected chi connectivity index (χ1v) is 3.59. The van der Waals surface area contributed by atoms with Crippen LogP contribution in [-0.4, -0.2) is 12.8 Å². The van der Waals surface area contributed by atoms with Crippen LogP contribution < -0.4 is 0 Å². The lowest BCUT2D eigenvalue weighted by Crippen LogP contribution is -1.87. The highest BCUT2D eigenvalue weighted by Crippen LogP contribution is 2.12. The van der Waals surface area contributed by atoms with Crippen LogP contribution in [0.5, 0.6) is 0 Å². The summed E-state index contributed by atoms with van der Waals surface area (Å²) in [7, 11) is 1.70. The summed E-state index contributed by atoms with van der Waals surface area (Å²) in [5.41, 5.74) is 1.20. The van der Waals surface area contributed by atoms with Crippen molar-refractivity contribution >= 4 is 5.71 Å². The zero-order chi connectivity index (χ0) is 7.40. The van der Waals surface area contributed by atoms with Gasteiger partial charge < -0.3 is 4.74 Å². The average Bonchev–Trinajstić information content (AvgIpc) is 2.14. The molecule has 0 unspecified atom stereocenters. The molecule has 56 valence electrons. The van der Waals surface area contributed by atoms with Crippen molar-refractivity contribution in [3.63, 3.8) is 0 Å². The van der Waals surface area contributed by atoms with E-state index in [0.29, 0.717) is 0 Å². The zero-order valence-electron chi connectivity index (χ0n) is 6.55. The van der Waals surface area contributed by atoms with E-state index in [4.69, 9.17) is 4.74 Å². The van der Waals surface area contributed by atoms with E-state index in [2.05, 4.69) is 11.9 Å². The fraction of sp³-hybridized carbons (Fsp3) is 0.625. The van der Waals surface area contributed by atoms with Crippen molar-refractivity contribution in [3.05, 3.63) is 12.0 Å². The van der Waals surface area contributed by atoms with Gasteiger partial charge in [-0.3, -0.25) is 4.99 Å². The molecule has 0 aromatic carbocycles. The Balaban J connectivity index is 2.60. The summed E-state index contributed by atoms with van der Waals surface area (Å²) < 4.78 is 5.07. The lowest BCUT2D eigenvalue weighted by atomic mass is 10.2. The number of allylic oxidation sites excluding steroid dienone is 1. The minimum atomic E-state index is 0.997. The molecule has 0 aliphatic carbocycles. The van der Waals surface area contributed by atoms with Gasteiger partial charge in [0.25, 0.3) is 0 Å². The minimum absolute atomic E-state index is 0.997. The standard InChI is InChI=1S/C8H13NO/c1-7-4-3-5-8(10-2)6-9-7/h6H,3-5H2,1-2H3. The van der Waals surface area contributed by atoms with Crippen LogP contribution >= 0.6 is 0 Å². The predicted octanol–water partition coefficient (Wildman–Crippen LogP) is 2.12. The largest absolute Gasteiger partial charge is 0.500 e. The molecule has 0 atom stereocenters. The Morgan fingerprint density at radius 2 is 2.30 bits per heavy atom. The monoisotopic (exact) mass is 139 g/mol. The third kappa shape index (κ3) is 1.87. The van der Waals surface area contributed by atoms with Gasteiger partial charge in [-0.2, -0.15) is 0 Å². The summed E-state index contributed by atoms with van der Waals surface area (Å²) in [5.74, 6) is 0.997. The summed E-state index contributed by atoms with van der Waals surface area (Å²) in [6.45, 7) is 2.05. The molecule has 0 aromatic heterocycles. The number of hydrogen-bond acceptors (Lipinski definition) is 2. The first kappa shape index (κ1) is 7.32. The van der Waals surface area contributed by atoms with Crippen LogP contribution in [0.25, 0.3) is 0 Å². The van der Waals surface area contributed by atoms with Crippen molar-refractivity contribution in [2.24, 2.45) is 4.99 Å². The number of rotatable bonds is 1. The summed E-state index contributed by atoms with van der Waals surface area (Å²) >= 11 is 0. The van der Waals surface area contributed by atoms with E-state index in [-0.39, 0.29) is 0 Å². The van der Waals surface area contributed by atoms with Gasteiger partial charge in [0.05, 0.1) is 13.3 Å². The summed E-state index contributed by atoms with van der Waals surface area (Å²) in [6, 6.07) is 0. The Bertz CT molecular complexity index is 170. The number of ether oxygens (including phenoxy) is 1. The molecule has 0 fully saturated rings.